The van der Waals surface area contributed by atoms with Crippen molar-refractivity contribution in [3.63, 3.8) is 0 Å². The van der Waals surface area contributed by atoms with E-state index in [1.165, 1.54) is 10.5 Å². The fourth-order valence-electron chi connectivity index (χ4n) is 3.82. The second-order valence-corrected chi connectivity index (χ2v) is 8.02. The first-order chi connectivity index (χ1) is 15.9. The molecule has 1 saturated heterocycles. The number of nitriles is 1. The summed E-state index contributed by atoms with van der Waals surface area (Å²) in [6.07, 6.45) is 2.88. The van der Waals surface area contributed by atoms with Gasteiger partial charge in [0.05, 0.1) is 13.2 Å². The Labute approximate surface area is 191 Å². The second kappa shape index (κ2) is 9.27. The number of fused-ring (bicyclic) bond motifs is 1. The van der Waals surface area contributed by atoms with E-state index in [1.54, 1.807) is 17.2 Å². The van der Waals surface area contributed by atoms with Crippen LogP contribution in [0.3, 0.4) is 0 Å². The molecule has 1 aliphatic rings. The molecule has 0 saturated carbocycles. The predicted molar refractivity (Wildman–Crippen MR) is 123 cm³/mol. The summed E-state index contributed by atoms with van der Waals surface area (Å²) in [5.74, 6) is 0.110. The first-order valence-corrected chi connectivity index (χ1v) is 10.6. The number of hydrogen-bond donors (Lipinski definition) is 0. The number of morpholine rings is 1. The van der Waals surface area contributed by atoms with Crippen LogP contribution in [0.5, 0.6) is 11.6 Å². The number of carbonyl (C=O) groups is 1. The first kappa shape index (κ1) is 22.2. The predicted octanol–water partition coefficient (Wildman–Crippen LogP) is 3.18. The van der Waals surface area contributed by atoms with Gasteiger partial charge >= 0.3 is 0 Å². The number of amides is 1. The molecule has 1 aromatic carbocycles. The minimum atomic E-state index is -0.452. The van der Waals surface area contributed by atoms with E-state index in [1.807, 2.05) is 51.1 Å². The summed E-state index contributed by atoms with van der Waals surface area (Å²) in [4.78, 5) is 32.5. The van der Waals surface area contributed by atoms with Gasteiger partial charge in [0.15, 0.2) is 0 Å². The molecule has 1 fully saturated rings. The Morgan fingerprint density at radius 2 is 1.88 bits per heavy atom. The smallest absolute Gasteiger partial charge is 0.269 e. The number of hydrogen-bond acceptors (Lipinski definition) is 6. The quantitative estimate of drug-likeness (QED) is 0.453. The highest BCUT2D eigenvalue weighted by Gasteiger charge is 2.23. The molecular weight excluding hydrogens is 420 g/mol. The van der Waals surface area contributed by atoms with Crippen LogP contribution in [-0.2, 0) is 9.53 Å². The van der Waals surface area contributed by atoms with Crippen molar-refractivity contribution in [2.45, 2.75) is 20.8 Å². The highest BCUT2D eigenvalue weighted by Crippen LogP contribution is 2.26. The summed E-state index contributed by atoms with van der Waals surface area (Å²) in [5.41, 5.74) is 2.68. The zero-order chi connectivity index (χ0) is 23.5. The molecule has 1 aliphatic heterocycles. The number of rotatable bonds is 4. The number of carbonyl (C=O) groups excluding carboxylic acids is 1. The Morgan fingerprint density at radius 3 is 2.55 bits per heavy atom. The minimum Gasteiger partial charge on any atom is -0.438 e. The molecule has 0 spiro atoms. The van der Waals surface area contributed by atoms with Crippen molar-refractivity contribution in [2.75, 3.05) is 26.3 Å². The third kappa shape index (κ3) is 4.64. The third-order valence-corrected chi connectivity index (χ3v) is 5.40. The van der Waals surface area contributed by atoms with Gasteiger partial charge in [0.25, 0.3) is 11.5 Å². The van der Waals surface area contributed by atoms with E-state index in [0.717, 1.165) is 16.7 Å². The Kier molecular flexibility index (Phi) is 6.24. The minimum absolute atomic E-state index is 0.0374. The lowest BCUT2D eigenvalue weighted by atomic mass is 10.1. The van der Waals surface area contributed by atoms with Crippen molar-refractivity contribution in [1.29, 1.82) is 5.26 Å². The Balaban J connectivity index is 1.88. The number of aryl methyl sites for hydroxylation is 3. The van der Waals surface area contributed by atoms with Gasteiger partial charge in [-0.05, 0) is 61.7 Å². The van der Waals surface area contributed by atoms with Crippen molar-refractivity contribution in [3.8, 4) is 17.7 Å². The standard InChI is InChI=1S/C25H24N4O4/c1-16-11-17(2)13-20(12-16)33-23-21(25(31)29-6-4-5-18(3)22(29)27-23)14-19(15-26)24(30)28-7-9-32-10-8-28/h4-6,11-14H,7-10H2,1-3H3/b19-14+. The van der Waals surface area contributed by atoms with Crippen molar-refractivity contribution >= 4 is 17.6 Å². The molecule has 8 heteroatoms. The number of nitrogens with zero attached hydrogens (tertiary/aromatic N) is 4. The van der Waals surface area contributed by atoms with E-state index < -0.39 is 11.5 Å². The van der Waals surface area contributed by atoms with E-state index in [9.17, 15) is 14.9 Å². The molecule has 4 rings (SSSR count). The van der Waals surface area contributed by atoms with Crippen LogP contribution in [0.25, 0.3) is 11.7 Å². The first-order valence-electron chi connectivity index (χ1n) is 10.6. The lowest BCUT2D eigenvalue weighted by Crippen LogP contribution is -2.41. The van der Waals surface area contributed by atoms with Crippen LogP contribution >= 0.6 is 0 Å². The van der Waals surface area contributed by atoms with Crippen LogP contribution in [-0.4, -0.2) is 46.5 Å². The third-order valence-electron chi connectivity index (χ3n) is 5.40. The lowest BCUT2D eigenvalue weighted by molar-refractivity contribution is -0.130. The fourth-order valence-corrected chi connectivity index (χ4v) is 3.82. The molecule has 0 atom stereocenters. The Bertz CT molecular complexity index is 1340. The van der Waals surface area contributed by atoms with Crippen LogP contribution in [0.15, 0.2) is 46.9 Å². The van der Waals surface area contributed by atoms with Gasteiger partial charge < -0.3 is 14.4 Å². The second-order valence-electron chi connectivity index (χ2n) is 8.02. The lowest BCUT2D eigenvalue weighted by Gasteiger charge is -2.26. The number of benzene rings is 1. The number of aromatic nitrogens is 2. The van der Waals surface area contributed by atoms with E-state index in [2.05, 4.69) is 4.98 Å². The molecule has 8 nitrogen and oxygen atoms in total. The highest BCUT2D eigenvalue weighted by atomic mass is 16.5. The van der Waals surface area contributed by atoms with Gasteiger partial charge in [-0.15, -0.1) is 0 Å². The number of pyridine rings is 1. The topological polar surface area (TPSA) is 96.9 Å². The molecule has 33 heavy (non-hydrogen) atoms. The summed E-state index contributed by atoms with van der Waals surface area (Å²) in [6.45, 7) is 7.33. The average molecular weight is 444 g/mol. The highest BCUT2D eigenvalue weighted by molar-refractivity contribution is 6.02. The SMILES string of the molecule is Cc1cc(C)cc(Oc2nc3c(C)cccn3c(=O)c2/C=C(\C#N)C(=O)N2CCOCC2)c1. The van der Waals surface area contributed by atoms with Gasteiger partial charge in [-0.1, -0.05) is 12.1 Å². The van der Waals surface area contributed by atoms with Gasteiger partial charge in [0.1, 0.15) is 28.6 Å². The van der Waals surface area contributed by atoms with Gasteiger partial charge in [-0.3, -0.25) is 14.0 Å². The van der Waals surface area contributed by atoms with Gasteiger partial charge in [-0.2, -0.15) is 10.2 Å². The molecule has 0 radical (unpaired) electrons. The monoisotopic (exact) mass is 444 g/mol. The largest absolute Gasteiger partial charge is 0.438 e. The summed E-state index contributed by atoms with van der Waals surface area (Å²) in [6, 6.07) is 11.2. The van der Waals surface area contributed by atoms with Crippen LogP contribution in [0.4, 0.5) is 0 Å². The summed E-state index contributed by atoms with van der Waals surface area (Å²) >= 11 is 0. The van der Waals surface area contributed by atoms with E-state index in [4.69, 9.17) is 9.47 Å². The number of ether oxygens (including phenoxy) is 2. The van der Waals surface area contributed by atoms with Crippen molar-refractivity contribution < 1.29 is 14.3 Å². The van der Waals surface area contributed by atoms with E-state index >= 15 is 0 Å². The fraction of sp³-hybridized carbons (Fsp3) is 0.280. The zero-order valence-electron chi connectivity index (χ0n) is 18.8. The summed E-state index contributed by atoms with van der Waals surface area (Å²) in [5, 5.41) is 9.72. The van der Waals surface area contributed by atoms with Crippen LogP contribution in [0.2, 0.25) is 0 Å². The van der Waals surface area contributed by atoms with Crippen LogP contribution in [0, 0.1) is 32.1 Å². The Morgan fingerprint density at radius 1 is 1.18 bits per heavy atom. The molecule has 0 N–H and O–H groups in total. The maximum absolute atomic E-state index is 13.4. The molecule has 0 unspecified atom stereocenters. The van der Waals surface area contributed by atoms with Crippen molar-refractivity contribution in [3.05, 3.63) is 74.7 Å². The van der Waals surface area contributed by atoms with Crippen LogP contribution < -0.4 is 10.3 Å². The normalized spacial score (nSPS) is 14.2. The van der Waals surface area contributed by atoms with Crippen molar-refractivity contribution in [2.24, 2.45) is 0 Å². The molecule has 3 aromatic rings. The molecule has 0 bridgehead atoms. The molecule has 2 aromatic heterocycles. The Hall–Kier alpha value is -3.96. The van der Waals surface area contributed by atoms with Gasteiger partial charge in [0, 0.05) is 19.3 Å². The van der Waals surface area contributed by atoms with E-state index in [-0.39, 0.29) is 17.0 Å². The molecular formula is C25H24N4O4. The van der Waals surface area contributed by atoms with Crippen LogP contribution in [0.1, 0.15) is 22.3 Å². The van der Waals surface area contributed by atoms with Crippen molar-refractivity contribution in [1.82, 2.24) is 14.3 Å². The molecule has 3 heterocycles. The van der Waals surface area contributed by atoms with E-state index in [0.29, 0.717) is 37.7 Å². The molecule has 168 valence electrons. The van der Waals surface area contributed by atoms with Gasteiger partial charge in [0.2, 0.25) is 5.88 Å². The molecule has 0 aliphatic carbocycles. The molecule has 1 amide bonds. The van der Waals surface area contributed by atoms with Gasteiger partial charge in [-0.25, -0.2) is 0 Å². The zero-order valence-corrected chi connectivity index (χ0v) is 18.8. The average Bonchev–Trinajstić information content (AvgIpc) is 2.79. The maximum Gasteiger partial charge on any atom is 0.269 e. The summed E-state index contributed by atoms with van der Waals surface area (Å²) in [7, 11) is 0. The summed E-state index contributed by atoms with van der Waals surface area (Å²) < 4.78 is 12.7. The maximum atomic E-state index is 13.4.